The molecule has 0 saturated carbocycles. The molecule has 0 unspecified atom stereocenters. The third-order valence-electron chi connectivity index (χ3n) is 1.16. The van der Waals surface area contributed by atoms with Crippen molar-refractivity contribution >= 4 is 0 Å². The fourth-order valence-electron chi connectivity index (χ4n) is 0.393. The summed E-state index contributed by atoms with van der Waals surface area (Å²) in [5.74, 6) is 0. The van der Waals surface area contributed by atoms with E-state index in [4.69, 9.17) is 0 Å². The minimum atomic E-state index is 1.14. The molecule has 0 heteroatoms. The summed E-state index contributed by atoms with van der Waals surface area (Å²) in [7, 11) is 0. The van der Waals surface area contributed by atoms with Crippen LogP contribution in [0, 0.1) is 0 Å². The lowest BCUT2D eigenvalue weighted by Gasteiger charge is -1.68. The van der Waals surface area contributed by atoms with Crippen molar-refractivity contribution in [3.8, 4) is 0 Å². The van der Waals surface area contributed by atoms with Crippen molar-refractivity contribution in [1.29, 1.82) is 0 Å². The predicted octanol–water partition coefficient (Wildman–Crippen LogP) is 4.34. The molecule has 0 aliphatic heterocycles. The molecule has 0 amide bonds. The number of hydrogen-bond donors (Lipinski definition) is 0. The third-order valence-corrected chi connectivity index (χ3v) is 1.16. The molecule has 0 nitrogen and oxygen atoms in total. The van der Waals surface area contributed by atoms with E-state index in [1.54, 1.807) is 0 Å². The molecule has 0 radical (unpaired) electrons. The van der Waals surface area contributed by atoms with Crippen molar-refractivity contribution in [3.63, 3.8) is 0 Å². The Kier molecular flexibility index (Phi) is 19.3. The third kappa shape index (κ3) is 17.7. The Hall–Kier alpha value is -0.520. The van der Waals surface area contributed by atoms with E-state index in [1.807, 2.05) is 13.8 Å². The molecule has 0 spiro atoms. The highest BCUT2D eigenvalue weighted by molar-refractivity contribution is 5.11. The summed E-state index contributed by atoms with van der Waals surface area (Å²) in [6, 6.07) is 0. The molecule has 0 heterocycles. The van der Waals surface area contributed by atoms with Crippen LogP contribution in [0.5, 0.6) is 0 Å². The minimum Gasteiger partial charge on any atom is -0.0808 e. The van der Waals surface area contributed by atoms with Crippen molar-refractivity contribution in [3.05, 3.63) is 24.3 Å². The Morgan fingerprint density at radius 3 is 1.36 bits per heavy atom. The lowest BCUT2D eigenvalue weighted by Crippen LogP contribution is -1.47. The molecule has 0 fully saturated rings. The molecule has 0 saturated heterocycles. The van der Waals surface area contributed by atoms with Crippen LogP contribution in [-0.2, 0) is 0 Å². The van der Waals surface area contributed by atoms with Crippen molar-refractivity contribution in [2.75, 3.05) is 0 Å². The molecular formula is C11H22. The molecule has 11 heavy (non-hydrogen) atoms. The largest absolute Gasteiger partial charge is 0.0808 e. The van der Waals surface area contributed by atoms with E-state index in [-0.39, 0.29) is 0 Å². The lowest BCUT2D eigenvalue weighted by molar-refractivity contribution is 0.886. The topological polar surface area (TPSA) is 0 Å². The van der Waals surface area contributed by atoms with Gasteiger partial charge in [-0.25, -0.2) is 0 Å². The lowest BCUT2D eigenvalue weighted by atomic mass is 10.4. The molecule has 0 atom stereocenters. The van der Waals surface area contributed by atoms with E-state index in [2.05, 4.69) is 38.2 Å². The van der Waals surface area contributed by atoms with E-state index >= 15 is 0 Å². The van der Waals surface area contributed by atoms with Crippen LogP contribution >= 0.6 is 0 Å². The first kappa shape index (κ1) is 13.1. The SMILES string of the molecule is C1=CCC=C1.CC.CCCC. The van der Waals surface area contributed by atoms with Crippen molar-refractivity contribution in [2.24, 2.45) is 0 Å². The van der Waals surface area contributed by atoms with E-state index in [9.17, 15) is 0 Å². The normalized spacial score (nSPS) is 11.3. The van der Waals surface area contributed by atoms with Crippen LogP contribution in [0.4, 0.5) is 0 Å². The van der Waals surface area contributed by atoms with E-state index in [0.29, 0.717) is 0 Å². The molecular weight excluding hydrogens is 132 g/mol. The van der Waals surface area contributed by atoms with Crippen LogP contribution in [0.25, 0.3) is 0 Å². The zero-order chi connectivity index (χ0) is 8.95. The monoisotopic (exact) mass is 154 g/mol. The quantitative estimate of drug-likeness (QED) is 0.527. The molecule has 0 aromatic carbocycles. The van der Waals surface area contributed by atoms with Gasteiger partial charge < -0.3 is 0 Å². The summed E-state index contributed by atoms with van der Waals surface area (Å²) in [5, 5.41) is 0. The number of rotatable bonds is 1. The summed E-state index contributed by atoms with van der Waals surface area (Å²) >= 11 is 0. The zero-order valence-corrected chi connectivity index (χ0v) is 8.43. The number of hydrogen-bond acceptors (Lipinski definition) is 0. The number of allylic oxidation sites excluding steroid dienone is 4. The first-order valence-corrected chi connectivity index (χ1v) is 4.73. The Morgan fingerprint density at radius 2 is 1.27 bits per heavy atom. The van der Waals surface area contributed by atoms with Crippen molar-refractivity contribution in [1.82, 2.24) is 0 Å². The summed E-state index contributed by atoms with van der Waals surface area (Å²) in [5.41, 5.74) is 0. The molecule has 0 aromatic rings. The molecule has 66 valence electrons. The standard InChI is InChI=1S/C5H6.C4H10.C2H6/c1-2-4-5-3-1;1-3-4-2;1-2/h1-4H,5H2;3-4H2,1-2H3;1-2H3. The maximum atomic E-state index is 2.18. The summed E-state index contributed by atoms with van der Waals surface area (Å²) < 4.78 is 0. The Balaban J connectivity index is 0. The van der Waals surface area contributed by atoms with Gasteiger partial charge in [-0.1, -0.05) is 64.8 Å². The second-order valence-electron chi connectivity index (χ2n) is 2.09. The van der Waals surface area contributed by atoms with Gasteiger partial charge in [0.25, 0.3) is 0 Å². The van der Waals surface area contributed by atoms with E-state index in [0.717, 1.165) is 6.42 Å². The van der Waals surface area contributed by atoms with Gasteiger partial charge in [0.2, 0.25) is 0 Å². The van der Waals surface area contributed by atoms with Crippen LogP contribution in [-0.4, -0.2) is 0 Å². The molecule has 0 bridgehead atoms. The highest BCUT2D eigenvalue weighted by atomic mass is 13.8. The molecule has 1 aliphatic rings. The van der Waals surface area contributed by atoms with Crippen LogP contribution in [0.2, 0.25) is 0 Å². The van der Waals surface area contributed by atoms with Crippen LogP contribution in [0.3, 0.4) is 0 Å². The fourth-order valence-corrected chi connectivity index (χ4v) is 0.393. The van der Waals surface area contributed by atoms with Crippen LogP contribution < -0.4 is 0 Å². The fraction of sp³-hybridized carbons (Fsp3) is 0.636. The van der Waals surface area contributed by atoms with Crippen LogP contribution in [0.1, 0.15) is 47.0 Å². The van der Waals surface area contributed by atoms with E-state index < -0.39 is 0 Å². The van der Waals surface area contributed by atoms with Crippen molar-refractivity contribution < 1.29 is 0 Å². The maximum absolute atomic E-state index is 2.18. The second kappa shape index (κ2) is 16.2. The van der Waals surface area contributed by atoms with Crippen LogP contribution in [0.15, 0.2) is 24.3 Å². The van der Waals surface area contributed by atoms with Gasteiger partial charge in [-0.2, -0.15) is 0 Å². The molecule has 0 N–H and O–H groups in total. The maximum Gasteiger partial charge on any atom is -0.0163 e. The predicted molar refractivity (Wildman–Crippen MR) is 54.8 cm³/mol. The zero-order valence-electron chi connectivity index (χ0n) is 8.43. The average molecular weight is 154 g/mol. The number of unbranched alkanes of at least 4 members (excludes halogenated alkanes) is 1. The molecule has 0 aromatic heterocycles. The summed E-state index contributed by atoms with van der Waals surface area (Å²) in [6.07, 6.45) is 12.1. The van der Waals surface area contributed by atoms with Gasteiger partial charge in [-0.05, 0) is 6.42 Å². The van der Waals surface area contributed by atoms with Gasteiger partial charge in [0, 0.05) is 0 Å². The van der Waals surface area contributed by atoms with Gasteiger partial charge >= 0.3 is 0 Å². The van der Waals surface area contributed by atoms with Gasteiger partial charge in [0.15, 0.2) is 0 Å². The van der Waals surface area contributed by atoms with Gasteiger partial charge in [0.1, 0.15) is 0 Å². The van der Waals surface area contributed by atoms with E-state index in [1.165, 1.54) is 12.8 Å². The average Bonchev–Trinajstić information content (AvgIpc) is 2.65. The Labute approximate surface area is 72.0 Å². The smallest absolute Gasteiger partial charge is 0.0163 e. The molecule has 1 aliphatic carbocycles. The second-order valence-corrected chi connectivity index (χ2v) is 2.09. The summed E-state index contributed by atoms with van der Waals surface area (Å²) in [4.78, 5) is 0. The Morgan fingerprint density at radius 1 is 0.909 bits per heavy atom. The van der Waals surface area contributed by atoms with Gasteiger partial charge in [-0.3, -0.25) is 0 Å². The van der Waals surface area contributed by atoms with Gasteiger partial charge in [0.05, 0.1) is 0 Å². The highest BCUT2D eigenvalue weighted by Gasteiger charge is 1.72. The molecule has 1 rings (SSSR count). The summed E-state index contributed by atoms with van der Waals surface area (Å²) in [6.45, 7) is 8.36. The van der Waals surface area contributed by atoms with Crippen molar-refractivity contribution in [2.45, 2.75) is 47.0 Å². The first-order valence-electron chi connectivity index (χ1n) is 4.73. The highest BCUT2D eigenvalue weighted by Crippen LogP contribution is 1.93. The minimum absolute atomic E-state index is 1.14. The Bertz CT molecular complexity index is 76.2. The van der Waals surface area contributed by atoms with Gasteiger partial charge in [-0.15, -0.1) is 0 Å². The first-order chi connectivity index (χ1) is 5.41.